The Morgan fingerprint density at radius 2 is 1.24 bits per heavy atom. The Morgan fingerprint density at radius 1 is 0.826 bits per heavy atom. The molecule has 1 atom stereocenters. The minimum atomic E-state index is -3.93. The normalized spacial score (nSPS) is 12.2. The summed E-state index contributed by atoms with van der Waals surface area (Å²) in [6, 6.07) is 2.77. The van der Waals surface area contributed by atoms with Gasteiger partial charge in [0.1, 0.15) is 5.69 Å². The zero-order chi connectivity index (χ0) is 34.9. The summed E-state index contributed by atoms with van der Waals surface area (Å²) in [5.41, 5.74) is -6.25. The number of aromatic amines is 2. The van der Waals surface area contributed by atoms with Gasteiger partial charge < -0.3 is 20.4 Å². The molecule has 46 heavy (non-hydrogen) atoms. The molecule has 0 amide bonds. The molecule has 22 nitrogen and oxygen atoms in total. The maximum atomic E-state index is 13.5. The van der Waals surface area contributed by atoms with Crippen molar-refractivity contribution in [2.24, 2.45) is 0 Å². The summed E-state index contributed by atoms with van der Waals surface area (Å²) in [6.07, 6.45) is 1.47. The maximum Gasteiger partial charge on any atom is 0.348 e. The number of rotatable bonds is 9. The number of aliphatic hydroxyl groups excluding tert-OH is 1. The SMILES string of the molecule is CS(=O)(=O)Nn1c(=O)[nH]c2cc([N+](=O)[O-])c(F)cc2c1=O.C[C@@H](CO)Nc1cc2c(=O)n(NS(C)(=O)=O)c(=O)[nH]c2cc1[N+](=O)[O-]. The highest BCUT2D eigenvalue weighted by molar-refractivity contribution is 7.91. The summed E-state index contributed by atoms with van der Waals surface area (Å²) < 4.78 is 58.6. The second-order valence-electron chi connectivity index (χ2n) is 9.37. The number of H-pyrrole nitrogens is 2. The number of anilines is 1. The molecule has 0 spiro atoms. The number of nitro benzene ring substituents is 2. The van der Waals surface area contributed by atoms with E-state index < -0.39 is 81.0 Å². The molecular weight excluding hydrogens is 669 g/mol. The number of sulfonamides is 2. The van der Waals surface area contributed by atoms with Gasteiger partial charge in [-0.1, -0.05) is 0 Å². The van der Waals surface area contributed by atoms with Gasteiger partial charge in [-0.3, -0.25) is 29.8 Å². The van der Waals surface area contributed by atoms with E-state index in [1.165, 1.54) is 0 Å². The second-order valence-corrected chi connectivity index (χ2v) is 12.8. The summed E-state index contributed by atoms with van der Waals surface area (Å²) in [7, 11) is -7.84. The predicted octanol–water partition coefficient (Wildman–Crippen LogP) is -1.87. The van der Waals surface area contributed by atoms with Gasteiger partial charge in [-0.2, -0.15) is 13.7 Å². The van der Waals surface area contributed by atoms with Crippen molar-refractivity contribution in [3.8, 4) is 0 Å². The Labute approximate surface area is 253 Å². The van der Waals surface area contributed by atoms with Gasteiger partial charge in [0, 0.05) is 18.2 Å². The maximum absolute atomic E-state index is 13.5. The number of fused-ring (bicyclic) bond motifs is 2. The van der Waals surface area contributed by atoms with Gasteiger partial charge in [-0.05, 0) is 19.1 Å². The lowest BCUT2D eigenvalue weighted by molar-refractivity contribution is -0.387. The van der Waals surface area contributed by atoms with Crippen LogP contribution in [0.1, 0.15) is 6.92 Å². The minimum absolute atomic E-state index is 0.0610. The van der Waals surface area contributed by atoms with Crippen LogP contribution in [0.2, 0.25) is 0 Å². The summed E-state index contributed by atoms with van der Waals surface area (Å²) >= 11 is 0. The predicted molar refractivity (Wildman–Crippen MR) is 160 cm³/mol. The van der Waals surface area contributed by atoms with Gasteiger partial charge in [0.25, 0.3) is 16.8 Å². The minimum Gasteiger partial charge on any atom is -0.394 e. The third-order valence-electron chi connectivity index (χ3n) is 5.56. The van der Waals surface area contributed by atoms with E-state index in [-0.39, 0.29) is 38.1 Å². The van der Waals surface area contributed by atoms with Crippen LogP contribution in [0.4, 0.5) is 21.5 Å². The quantitative estimate of drug-likeness (QED) is 0.0828. The highest BCUT2D eigenvalue weighted by Gasteiger charge is 2.21. The molecule has 0 fully saturated rings. The van der Waals surface area contributed by atoms with Crippen LogP contribution in [-0.4, -0.2) is 76.3 Å². The molecule has 248 valence electrons. The number of nitro groups is 2. The lowest BCUT2D eigenvalue weighted by atomic mass is 10.1. The number of nitrogens with one attached hydrogen (secondary N) is 5. The van der Waals surface area contributed by atoms with Crippen LogP contribution >= 0.6 is 0 Å². The summed E-state index contributed by atoms with van der Waals surface area (Å²) in [6.45, 7) is 1.24. The van der Waals surface area contributed by atoms with Crippen molar-refractivity contribution in [3.63, 3.8) is 0 Å². The molecule has 0 unspecified atom stereocenters. The van der Waals surface area contributed by atoms with Crippen molar-refractivity contribution in [3.05, 3.63) is 92.0 Å². The molecule has 2 aromatic heterocycles. The molecule has 0 radical (unpaired) electrons. The number of nitrogens with zero attached hydrogens (tertiary/aromatic N) is 4. The zero-order valence-electron chi connectivity index (χ0n) is 23.4. The van der Waals surface area contributed by atoms with Crippen LogP contribution in [0.15, 0.2) is 43.4 Å². The average molecular weight is 692 g/mol. The topological polar surface area (TPSA) is 321 Å². The highest BCUT2D eigenvalue weighted by atomic mass is 32.2. The molecule has 4 aromatic rings. The van der Waals surface area contributed by atoms with E-state index >= 15 is 0 Å². The monoisotopic (exact) mass is 691 g/mol. The van der Waals surface area contributed by atoms with E-state index in [1.54, 1.807) is 16.6 Å². The number of hydrogen-bond donors (Lipinski definition) is 6. The molecule has 0 aliphatic rings. The van der Waals surface area contributed by atoms with E-state index in [1.807, 2.05) is 0 Å². The van der Waals surface area contributed by atoms with Crippen molar-refractivity contribution < 1.29 is 36.2 Å². The first-order chi connectivity index (χ1) is 21.1. The number of aliphatic hydroxyl groups is 1. The second kappa shape index (κ2) is 12.7. The lowest BCUT2D eigenvalue weighted by Gasteiger charge is -2.13. The van der Waals surface area contributed by atoms with Gasteiger partial charge in [0.2, 0.25) is 25.9 Å². The van der Waals surface area contributed by atoms with Crippen molar-refractivity contribution in [1.29, 1.82) is 0 Å². The first-order valence-corrected chi connectivity index (χ1v) is 15.8. The number of benzene rings is 2. The van der Waals surface area contributed by atoms with E-state index in [0.29, 0.717) is 18.4 Å². The van der Waals surface area contributed by atoms with Gasteiger partial charge in [-0.15, -0.1) is 0 Å². The molecule has 0 saturated carbocycles. The Balaban J connectivity index is 0.000000254. The molecule has 0 bridgehead atoms. The first kappa shape index (κ1) is 34.8. The average Bonchev–Trinajstić information content (AvgIpc) is 2.92. The van der Waals surface area contributed by atoms with E-state index in [0.717, 1.165) is 18.4 Å². The molecule has 2 heterocycles. The number of hydrogen-bond acceptors (Lipinski definition) is 14. The third-order valence-corrected chi connectivity index (χ3v) is 6.59. The van der Waals surface area contributed by atoms with Crippen molar-refractivity contribution in [2.45, 2.75) is 13.0 Å². The summed E-state index contributed by atoms with van der Waals surface area (Å²) in [5, 5.41) is 33.0. The Bertz CT molecular complexity index is 2370. The van der Waals surface area contributed by atoms with Gasteiger partial charge in [0.05, 0.1) is 50.8 Å². The molecule has 4 rings (SSSR count). The van der Waals surface area contributed by atoms with Crippen LogP contribution in [0.5, 0.6) is 0 Å². The van der Waals surface area contributed by atoms with Crippen LogP contribution in [0.3, 0.4) is 0 Å². The van der Waals surface area contributed by atoms with Crippen LogP contribution in [0, 0.1) is 26.0 Å². The molecular formula is C21H22FN9O13S2. The zero-order valence-corrected chi connectivity index (χ0v) is 25.1. The van der Waals surface area contributed by atoms with E-state index in [2.05, 4.69) is 15.3 Å². The fourth-order valence-electron chi connectivity index (χ4n) is 3.69. The summed E-state index contributed by atoms with van der Waals surface area (Å²) in [5.74, 6) is -1.29. The van der Waals surface area contributed by atoms with Gasteiger partial charge >= 0.3 is 17.1 Å². The standard InChI is InChI=1S/C12H15N5O7S.C9H7FN4O6S/c1-6(5-18)13-9-3-7-8(4-10(9)17(21)22)14-12(20)16(11(7)19)15-25(2,23)24;1-21(19,20)12-13-8(15)4-2-5(10)7(14(17)18)3-6(4)11-9(13)16/h3-4,6,13,15,18H,5H2,1-2H3,(H,14,20);2-3,12H,1H3,(H,11,16)/t6-;/m0./s1. The molecule has 0 saturated heterocycles. The lowest BCUT2D eigenvalue weighted by Crippen LogP contribution is -2.43. The molecule has 0 aliphatic carbocycles. The van der Waals surface area contributed by atoms with E-state index in [9.17, 15) is 60.6 Å². The first-order valence-electron chi connectivity index (χ1n) is 12.1. The van der Waals surface area contributed by atoms with Crippen LogP contribution in [0.25, 0.3) is 21.8 Å². The fourth-order valence-corrected chi connectivity index (χ4v) is 4.69. The molecule has 2 aromatic carbocycles. The van der Waals surface area contributed by atoms with Crippen LogP contribution < -0.4 is 37.5 Å². The number of halogens is 1. The van der Waals surface area contributed by atoms with E-state index in [4.69, 9.17) is 5.11 Å². The Kier molecular flexibility index (Phi) is 9.63. The highest BCUT2D eigenvalue weighted by Crippen LogP contribution is 2.28. The fraction of sp³-hybridized carbons (Fsp3) is 0.238. The smallest absolute Gasteiger partial charge is 0.348 e. The van der Waals surface area contributed by atoms with Crippen molar-refractivity contribution in [1.82, 2.24) is 19.3 Å². The Morgan fingerprint density at radius 3 is 1.63 bits per heavy atom. The number of aromatic nitrogens is 4. The molecule has 25 heteroatoms. The van der Waals surface area contributed by atoms with Gasteiger partial charge in [0.15, 0.2) is 0 Å². The third kappa shape index (κ3) is 7.87. The van der Waals surface area contributed by atoms with Gasteiger partial charge in [-0.25, -0.2) is 36.1 Å². The molecule has 6 N–H and O–H groups in total. The molecule has 0 aliphatic heterocycles. The summed E-state index contributed by atoms with van der Waals surface area (Å²) in [4.78, 5) is 75.5. The van der Waals surface area contributed by atoms with Crippen LogP contribution in [-0.2, 0) is 20.0 Å². The Hall–Kier alpha value is -5.69. The largest absolute Gasteiger partial charge is 0.394 e. The van der Waals surface area contributed by atoms with Crippen molar-refractivity contribution >= 4 is 58.9 Å². The van der Waals surface area contributed by atoms with Crippen molar-refractivity contribution in [2.75, 3.05) is 34.1 Å².